The van der Waals surface area contributed by atoms with Gasteiger partial charge in [0.1, 0.15) is 0 Å². The smallest absolute Gasteiger partial charge is 0.318 e. The molecule has 2 aliphatic rings. The number of hydrogen-bond donors (Lipinski definition) is 1. The monoisotopic (exact) mass is 390 g/mol. The lowest BCUT2D eigenvalue weighted by Crippen LogP contribution is -2.53. The second-order valence-corrected chi connectivity index (χ2v) is 8.69. The highest BCUT2D eigenvalue weighted by Gasteiger charge is 2.33. The lowest BCUT2D eigenvalue weighted by molar-refractivity contribution is 0.103. The van der Waals surface area contributed by atoms with Crippen LogP contribution in [0.15, 0.2) is 60.7 Å². The first-order valence-electron chi connectivity index (χ1n) is 11.5. The summed E-state index contributed by atoms with van der Waals surface area (Å²) in [4.78, 5) is 16.0. The summed E-state index contributed by atoms with van der Waals surface area (Å²) >= 11 is 0. The maximum Gasteiger partial charge on any atom is 0.318 e. The average Bonchev–Trinajstić information content (AvgIpc) is 2.80. The maximum absolute atomic E-state index is 13.7. The molecule has 3 nitrogen and oxygen atoms in total. The zero-order valence-electron chi connectivity index (χ0n) is 17.4. The van der Waals surface area contributed by atoms with Crippen LogP contribution in [0.1, 0.15) is 81.4 Å². The fourth-order valence-electron chi connectivity index (χ4n) is 5.20. The minimum Gasteiger partial charge on any atom is -0.327 e. The van der Waals surface area contributed by atoms with E-state index in [-0.39, 0.29) is 12.1 Å². The highest BCUT2D eigenvalue weighted by molar-refractivity contribution is 5.76. The van der Waals surface area contributed by atoms with Gasteiger partial charge >= 0.3 is 6.03 Å². The third-order valence-electron chi connectivity index (χ3n) is 6.70. The number of amides is 2. The molecular formula is C26H34N2O. The Morgan fingerprint density at radius 2 is 1.10 bits per heavy atom. The first-order chi connectivity index (χ1) is 14.3. The molecule has 2 fully saturated rings. The zero-order chi connectivity index (χ0) is 19.9. The van der Waals surface area contributed by atoms with Gasteiger partial charge in [-0.3, -0.25) is 0 Å². The van der Waals surface area contributed by atoms with Crippen LogP contribution in [0.25, 0.3) is 0 Å². The van der Waals surface area contributed by atoms with Crippen molar-refractivity contribution in [3.8, 4) is 0 Å². The Balaban J connectivity index is 1.59. The van der Waals surface area contributed by atoms with Crippen molar-refractivity contribution in [3.05, 3.63) is 71.8 Å². The topological polar surface area (TPSA) is 32.3 Å². The van der Waals surface area contributed by atoms with Crippen molar-refractivity contribution in [1.82, 2.24) is 10.2 Å². The third kappa shape index (κ3) is 5.01. The van der Waals surface area contributed by atoms with Crippen LogP contribution in [0.2, 0.25) is 0 Å². The van der Waals surface area contributed by atoms with E-state index in [0.717, 1.165) is 36.8 Å². The summed E-state index contributed by atoms with van der Waals surface area (Å²) in [5, 5.41) is 3.43. The molecule has 3 heteroatoms. The van der Waals surface area contributed by atoms with Crippen molar-refractivity contribution in [2.75, 3.05) is 0 Å². The largest absolute Gasteiger partial charge is 0.327 e. The van der Waals surface area contributed by atoms with Gasteiger partial charge in [0.2, 0.25) is 0 Å². The Hall–Kier alpha value is -2.29. The molecule has 2 saturated carbocycles. The van der Waals surface area contributed by atoms with Gasteiger partial charge in [-0.2, -0.15) is 0 Å². The van der Waals surface area contributed by atoms with Gasteiger partial charge in [0.25, 0.3) is 0 Å². The molecule has 0 unspecified atom stereocenters. The SMILES string of the molecule is O=C(NC(c1ccccc1)c1ccccc1)N(C1CCCCC1)C1CCCCC1. The second-order valence-electron chi connectivity index (χ2n) is 8.69. The van der Waals surface area contributed by atoms with Crippen molar-refractivity contribution in [2.24, 2.45) is 0 Å². The number of urea groups is 1. The van der Waals surface area contributed by atoms with Gasteiger partial charge in [-0.05, 0) is 36.8 Å². The van der Waals surface area contributed by atoms with Crippen LogP contribution < -0.4 is 5.32 Å². The number of rotatable bonds is 5. The van der Waals surface area contributed by atoms with E-state index in [1.807, 2.05) is 12.1 Å². The van der Waals surface area contributed by atoms with E-state index < -0.39 is 0 Å². The first kappa shape index (κ1) is 20.0. The second kappa shape index (κ2) is 9.96. The molecule has 0 spiro atoms. The number of benzene rings is 2. The van der Waals surface area contributed by atoms with Crippen LogP contribution in [0.4, 0.5) is 4.79 Å². The van der Waals surface area contributed by atoms with E-state index >= 15 is 0 Å². The molecule has 29 heavy (non-hydrogen) atoms. The van der Waals surface area contributed by atoms with E-state index in [2.05, 4.69) is 58.7 Å². The van der Waals surface area contributed by atoms with Gasteiger partial charge in [0.05, 0.1) is 6.04 Å². The van der Waals surface area contributed by atoms with E-state index in [9.17, 15) is 4.79 Å². The molecule has 0 aromatic heterocycles. The molecule has 2 aliphatic carbocycles. The summed E-state index contributed by atoms with van der Waals surface area (Å²) in [5.41, 5.74) is 2.28. The predicted molar refractivity (Wildman–Crippen MR) is 119 cm³/mol. The van der Waals surface area contributed by atoms with Crippen LogP contribution >= 0.6 is 0 Å². The molecule has 1 N–H and O–H groups in total. The van der Waals surface area contributed by atoms with E-state index in [1.165, 1.54) is 38.5 Å². The Morgan fingerprint density at radius 3 is 1.52 bits per heavy atom. The van der Waals surface area contributed by atoms with Crippen LogP contribution in [0, 0.1) is 0 Å². The van der Waals surface area contributed by atoms with Gasteiger partial charge < -0.3 is 10.2 Å². The van der Waals surface area contributed by atoms with Crippen molar-refractivity contribution in [2.45, 2.75) is 82.3 Å². The molecule has 2 amide bonds. The lowest BCUT2D eigenvalue weighted by Gasteiger charge is -2.42. The van der Waals surface area contributed by atoms with Gasteiger partial charge in [0.15, 0.2) is 0 Å². The van der Waals surface area contributed by atoms with Crippen molar-refractivity contribution < 1.29 is 4.79 Å². The summed E-state index contributed by atoms with van der Waals surface area (Å²) in [6, 6.07) is 21.6. The summed E-state index contributed by atoms with van der Waals surface area (Å²) in [5.74, 6) is 0. The number of carbonyl (C=O) groups is 1. The molecule has 2 aromatic rings. The summed E-state index contributed by atoms with van der Waals surface area (Å²) < 4.78 is 0. The van der Waals surface area contributed by atoms with Crippen LogP contribution in [0.3, 0.4) is 0 Å². The van der Waals surface area contributed by atoms with Crippen molar-refractivity contribution in [1.29, 1.82) is 0 Å². The van der Waals surface area contributed by atoms with Gasteiger partial charge in [-0.25, -0.2) is 4.79 Å². The van der Waals surface area contributed by atoms with E-state index in [1.54, 1.807) is 0 Å². The van der Waals surface area contributed by atoms with Gasteiger partial charge in [-0.15, -0.1) is 0 Å². The molecule has 0 radical (unpaired) electrons. The molecule has 4 rings (SSSR count). The standard InChI is InChI=1S/C26H34N2O/c29-26(28(23-17-9-3-10-18-23)24-19-11-4-12-20-24)27-25(21-13-5-1-6-14-21)22-15-7-2-8-16-22/h1-2,5-8,13-16,23-25H,3-4,9-12,17-20H2,(H,27,29). The number of nitrogens with zero attached hydrogens (tertiary/aromatic N) is 1. The van der Waals surface area contributed by atoms with E-state index in [4.69, 9.17) is 0 Å². The molecule has 154 valence electrons. The Morgan fingerprint density at radius 1 is 0.690 bits per heavy atom. The minimum absolute atomic E-state index is 0.111. The van der Waals surface area contributed by atoms with Crippen LogP contribution in [-0.2, 0) is 0 Å². The molecule has 0 atom stereocenters. The Bertz CT molecular complexity index is 691. The molecular weight excluding hydrogens is 356 g/mol. The average molecular weight is 391 g/mol. The quantitative estimate of drug-likeness (QED) is 0.625. The first-order valence-corrected chi connectivity index (χ1v) is 11.5. The van der Waals surface area contributed by atoms with Crippen molar-refractivity contribution in [3.63, 3.8) is 0 Å². The third-order valence-corrected chi connectivity index (χ3v) is 6.70. The number of nitrogens with one attached hydrogen (secondary N) is 1. The summed E-state index contributed by atoms with van der Waals surface area (Å²) in [6.07, 6.45) is 12.3. The number of hydrogen-bond acceptors (Lipinski definition) is 1. The molecule has 0 saturated heterocycles. The zero-order valence-corrected chi connectivity index (χ0v) is 17.4. The minimum atomic E-state index is -0.111. The Labute approximate surface area is 175 Å². The fourth-order valence-corrected chi connectivity index (χ4v) is 5.20. The predicted octanol–water partition coefficient (Wildman–Crippen LogP) is 6.45. The molecule has 0 heterocycles. The molecule has 0 bridgehead atoms. The fraction of sp³-hybridized carbons (Fsp3) is 0.500. The summed E-state index contributed by atoms with van der Waals surface area (Å²) in [6.45, 7) is 0. The highest BCUT2D eigenvalue weighted by Crippen LogP contribution is 2.31. The van der Waals surface area contributed by atoms with Crippen LogP contribution in [-0.4, -0.2) is 23.0 Å². The lowest BCUT2D eigenvalue weighted by atomic mass is 9.89. The van der Waals surface area contributed by atoms with Gasteiger partial charge in [-0.1, -0.05) is 99.2 Å². The summed E-state index contributed by atoms with van der Waals surface area (Å²) in [7, 11) is 0. The van der Waals surface area contributed by atoms with Gasteiger partial charge in [0, 0.05) is 12.1 Å². The number of carbonyl (C=O) groups excluding carboxylic acids is 1. The van der Waals surface area contributed by atoms with Crippen LogP contribution in [0.5, 0.6) is 0 Å². The molecule has 0 aliphatic heterocycles. The Kier molecular flexibility index (Phi) is 6.87. The van der Waals surface area contributed by atoms with E-state index in [0.29, 0.717) is 12.1 Å². The highest BCUT2D eigenvalue weighted by atomic mass is 16.2. The maximum atomic E-state index is 13.7. The normalized spacial score (nSPS) is 18.5. The van der Waals surface area contributed by atoms with Crippen molar-refractivity contribution >= 4 is 6.03 Å². The molecule has 2 aromatic carbocycles.